The van der Waals surface area contributed by atoms with Crippen molar-refractivity contribution < 1.29 is 13.9 Å². The lowest BCUT2D eigenvalue weighted by Crippen LogP contribution is -2.50. The Morgan fingerprint density at radius 2 is 2.05 bits per heavy atom. The van der Waals surface area contributed by atoms with Gasteiger partial charge in [0, 0.05) is 38.5 Å². The van der Waals surface area contributed by atoms with Crippen molar-refractivity contribution in [3.63, 3.8) is 0 Å². The van der Waals surface area contributed by atoms with Crippen LogP contribution in [0.3, 0.4) is 0 Å². The highest BCUT2D eigenvalue weighted by atomic mass is 35.5. The zero-order chi connectivity index (χ0) is 14.8. The molecule has 2 fully saturated rings. The monoisotopic (exact) mass is 312 g/mol. The molecular weight excluding hydrogens is 295 g/mol. The Hall–Kier alpha value is -1.33. The quantitative estimate of drug-likeness (QED) is 0.839. The lowest BCUT2D eigenvalue weighted by Gasteiger charge is -2.37. The fraction of sp³-hybridized carbons (Fsp3) is 0.533. The highest BCUT2D eigenvalue weighted by molar-refractivity contribution is 6.31. The van der Waals surface area contributed by atoms with Crippen LogP contribution in [0.25, 0.3) is 0 Å². The Kier molecular flexibility index (Phi) is 4.31. The molecule has 0 N–H and O–H groups in total. The maximum atomic E-state index is 13.2. The molecule has 0 aliphatic carbocycles. The molecule has 3 rings (SSSR count). The van der Waals surface area contributed by atoms with Crippen LogP contribution in [-0.4, -0.2) is 50.2 Å². The Morgan fingerprint density at radius 1 is 1.29 bits per heavy atom. The molecule has 1 amide bonds. The van der Waals surface area contributed by atoms with Crippen LogP contribution >= 0.6 is 11.6 Å². The highest BCUT2D eigenvalue weighted by Crippen LogP contribution is 2.24. The van der Waals surface area contributed by atoms with E-state index in [2.05, 4.69) is 4.90 Å². The molecule has 0 saturated carbocycles. The predicted molar refractivity (Wildman–Crippen MR) is 79.1 cm³/mol. The van der Waals surface area contributed by atoms with Crippen LogP contribution in [-0.2, 0) is 9.53 Å². The summed E-state index contributed by atoms with van der Waals surface area (Å²) in [6.45, 7) is 4.08. The molecule has 2 heterocycles. The predicted octanol–water partition coefficient (Wildman–Crippen LogP) is 2.16. The van der Waals surface area contributed by atoms with E-state index in [0.717, 1.165) is 25.2 Å². The molecule has 0 unspecified atom stereocenters. The van der Waals surface area contributed by atoms with Crippen LogP contribution in [0.5, 0.6) is 0 Å². The number of nitrogens with zero attached hydrogens (tertiary/aromatic N) is 2. The van der Waals surface area contributed by atoms with Gasteiger partial charge in [-0.05, 0) is 24.6 Å². The van der Waals surface area contributed by atoms with Crippen molar-refractivity contribution in [3.05, 3.63) is 29.0 Å². The Labute approximate surface area is 128 Å². The van der Waals surface area contributed by atoms with Crippen LogP contribution < -0.4 is 4.90 Å². The van der Waals surface area contributed by atoms with Gasteiger partial charge in [0.1, 0.15) is 5.82 Å². The topological polar surface area (TPSA) is 32.8 Å². The van der Waals surface area contributed by atoms with Crippen LogP contribution in [0.1, 0.15) is 6.42 Å². The Morgan fingerprint density at radius 3 is 2.67 bits per heavy atom. The second-order valence-corrected chi connectivity index (χ2v) is 5.88. The summed E-state index contributed by atoms with van der Waals surface area (Å²) in [7, 11) is 0. The minimum Gasteiger partial charge on any atom is -0.381 e. The zero-order valence-corrected chi connectivity index (χ0v) is 12.5. The van der Waals surface area contributed by atoms with E-state index < -0.39 is 5.82 Å². The number of amides is 1. The number of carbonyl (C=O) groups is 1. The third-order valence-corrected chi connectivity index (χ3v) is 4.43. The van der Waals surface area contributed by atoms with Crippen molar-refractivity contribution in [3.8, 4) is 0 Å². The second kappa shape index (κ2) is 6.20. The average molecular weight is 313 g/mol. The molecule has 2 aliphatic heterocycles. The SMILES string of the molecule is O=C([C@@H]1CCOC1)N1CCN(c2ccc(F)c(Cl)c2)CC1. The maximum absolute atomic E-state index is 13.2. The molecule has 2 saturated heterocycles. The van der Waals surface area contributed by atoms with Gasteiger partial charge in [-0.2, -0.15) is 0 Å². The highest BCUT2D eigenvalue weighted by Gasteiger charge is 2.30. The summed E-state index contributed by atoms with van der Waals surface area (Å²) in [4.78, 5) is 16.3. The van der Waals surface area contributed by atoms with Crippen molar-refractivity contribution in [2.45, 2.75) is 6.42 Å². The first kappa shape index (κ1) is 14.6. The van der Waals surface area contributed by atoms with E-state index in [0.29, 0.717) is 26.3 Å². The molecule has 6 heteroatoms. The van der Waals surface area contributed by atoms with Gasteiger partial charge in [-0.25, -0.2) is 4.39 Å². The van der Waals surface area contributed by atoms with Crippen LogP contribution in [0.15, 0.2) is 18.2 Å². The van der Waals surface area contributed by atoms with Gasteiger partial charge in [0.25, 0.3) is 0 Å². The third-order valence-electron chi connectivity index (χ3n) is 4.14. The zero-order valence-electron chi connectivity index (χ0n) is 11.7. The molecule has 4 nitrogen and oxygen atoms in total. The number of piperazine rings is 1. The number of hydrogen-bond donors (Lipinski definition) is 0. The third kappa shape index (κ3) is 3.14. The summed E-state index contributed by atoms with van der Waals surface area (Å²) in [5, 5.41) is 0.133. The summed E-state index contributed by atoms with van der Waals surface area (Å²) in [5.41, 5.74) is 0.901. The maximum Gasteiger partial charge on any atom is 0.228 e. The van der Waals surface area contributed by atoms with Crippen LogP contribution in [0, 0.1) is 11.7 Å². The van der Waals surface area contributed by atoms with E-state index in [1.54, 1.807) is 12.1 Å². The van der Waals surface area contributed by atoms with Crippen molar-refractivity contribution in [2.75, 3.05) is 44.3 Å². The normalized spacial score (nSPS) is 22.7. The van der Waals surface area contributed by atoms with Gasteiger partial charge >= 0.3 is 0 Å². The van der Waals surface area contributed by atoms with E-state index in [9.17, 15) is 9.18 Å². The molecule has 1 atom stereocenters. The molecule has 0 radical (unpaired) electrons. The average Bonchev–Trinajstić information content (AvgIpc) is 3.04. The standard InChI is InChI=1S/C15H18ClFN2O2/c16-13-9-12(1-2-14(13)17)18-4-6-19(7-5-18)15(20)11-3-8-21-10-11/h1-2,9,11H,3-8,10H2/t11-/m1/s1. The first-order valence-electron chi connectivity index (χ1n) is 7.21. The fourth-order valence-electron chi connectivity index (χ4n) is 2.85. The van der Waals surface area contributed by atoms with E-state index in [1.807, 2.05) is 4.90 Å². The molecule has 21 heavy (non-hydrogen) atoms. The first-order chi connectivity index (χ1) is 10.1. The lowest BCUT2D eigenvalue weighted by molar-refractivity contribution is -0.135. The fourth-order valence-corrected chi connectivity index (χ4v) is 3.03. The molecule has 114 valence electrons. The van der Waals surface area contributed by atoms with Crippen molar-refractivity contribution >= 4 is 23.2 Å². The van der Waals surface area contributed by atoms with Gasteiger partial charge in [0.15, 0.2) is 0 Å². The minimum absolute atomic E-state index is 0.0248. The number of benzene rings is 1. The molecule has 0 bridgehead atoms. The van der Waals surface area contributed by atoms with E-state index >= 15 is 0 Å². The number of rotatable bonds is 2. The smallest absolute Gasteiger partial charge is 0.228 e. The van der Waals surface area contributed by atoms with Crippen molar-refractivity contribution in [2.24, 2.45) is 5.92 Å². The van der Waals surface area contributed by atoms with Gasteiger partial charge in [-0.1, -0.05) is 11.6 Å². The van der Waals surface area contributed by atoms with Gasteiger partial charge < -0.3 is 14.5 Å². The molecule has 0 aromatic heterocycles. The summed E-state index contributed by atoms with van der Waals surface area (Å²) >= 11 is 5.82. The second-order valence-electron chi connectivity index (χ2n) is 5.47. The molecule has 2 aliphatic rings. The number of halogens is 2. The van der Waals surface area contributed by atoms with E-state index in [-0.39, 0.29) is 16.8 Å². The molecular formula is C15H18ClFN2O2. The number of anilines is 1. The Bertz CT molecular complexity index is 526. The number of hydrogen-bond acceptors (Lipinski definition) is 3. The lowest BCUT2D eigenvalue weighted by atomic mass is 10.1. The van der Waals surface area contributed by atoms with E-state index in [4.69, 9.17) is 16.3 Å². The summed E-state index contributed by atoms with van der Waals surface area (Å²) in [6.07, 6.45) is 0.826. The summed E-state index contributed by atoms with van der Waals surface area (Å²) in [5.74, 6) is -0.184. The van der Waals surface area contributed by atoms with Crippen molar-refractivity contribution in [1.82, 2.24) is 4.90 Å². The van der Waals surface area contributed by atoms with Gasteiger partial charge in [-0.3, -0.25) is 4.79 Å². The van der Waals surface area contributed by atoms with Gasteiger partial charge in [0.2, 0.25) is 5.91 Å². The molecule has 0 spiro atoms. The van der Waals surface area contributed by atoms with Gasteiger partial charge in [-0.15, -0.1) is 0 Å². The van der Waals surface area contributed by atoms with Crippen molar-refractivity contribution in [1.29, 1.82) is 0 Å². The first-order valence-corrected chi connectivity index (χ1v) is 7.59. The van der Waals surface area contributed by atoms with Crippen LogP contribution in [0.2, 0.25) is 5.02 Å². The van der Waals surface area contributed by atoms with Gasteiger partial charge in [0.05, 0.1) is 17.5 Å². The van der Waals surface area contributed by atoms with Crippen LogP contribution in [0.4, 0.5) is 10.1 Å². The van der Waals surface area contributed by atoms with E-state index in [1.165, 1.54) is 6.07 Å². The Balaban J connectivity index is 1.59. The summed E-state index contributed by atoms with van der Waals surface area (Å²) in [6, 6.07) is 4.74. The largest absolute Gasteiger partial charge is 0.381 e. The number of ether oxygens (including phenoxy) is 1. The molecule has 1 aromatic carbocycles. The summed E-state index contributed by atoms with van der Waals surface area (Å²) < 4.78 is 18.5. The molecule has 1 aromatic rings. The minimum atomic E-state index is -0.407. The number of carbonyl (C=O) groups excluding carboxylic acids is 1.